The summed E-state index contributed by atoms with van der Waals surface area (Å²) >= 11 is 0. The summed E-state index contributed by atoms with van der Waals surface area (Å²) in [7, 11) is -1.37. The van der Waals surface area contributed by atoms with Gasteiger partial charge in [0.15, 0.2) is 0 Å². The second-order valence-electron chi connectivity index (χ2n) is 3.00. The van der Waals surface area contributed by atoms with Crippen molar-refractivity contribution < 1.29 is 4.43 Å². The Kier molecular flexibility index (Phi) is 1.44. The van der Waals surface area contributed by atoms with Crippen molar-refractivity contribution in [1.29, 1.82) is 0 Å². The number of rotatable bonds is 1. The molecule has 1 rings (SSSR count). The lowest BCUT2D eigenvalue weighted by Gasteiger charge is -2.20. The molecule has 0 fully saturated rings. The quantitative estimate of drug-likeness (QED) is 0.510. The van der Waals surface area contributed by atoms with Crippen LogP contribution < -0.4 is 0 Å². The molecule has 0 saturated heterocycles. The van der Waals surface area contributed by atoms with Crippen LogP contribution in [-0.2, 0) is 4.43 Å². The Morgan fingerprint density at radius 1 is 1.44 bits per heavy atom. The van der Waals surface area contributed by atoms with Crippen LogP contribution in [0.2, 0.25) is 19.6 Å². The van der Waals surface area contributed by atoms with Crippen LogP contribution in [0.25, 0.3) is 0 Å². The molecule has 0 unspecified atom stereocenters. The summed E-state index contributed by atoms with van der Waals surface area (Å²) in [5, 5.41) is 0. The normalized spacial score (nSPS) is 16.6. The Labute approximate surface area is 56.4 Å². The van der Waals surface area contributed by atoms with Gasteiger partial charge in [0.2, 0.25) is 14.2 Å². The van der Waals surface area contributed by atoms with Gasteiger partial charge in [0.25, 0.3) is 0 Å². The zero-order valence-electron chi connectivity index (χ0n) is 6.01. The predicted octanol–water partition coefficient (Wildman–Crippen LogP) is 1.76. The standard InChI is InChI=1S/C6H11NOSi/c1-9(2,3)8-6-4-5-7-6/h4-5H,1-3H3. The predicted molar refractivity (Wildman–Crippen MR) is 41.0 cm³/mol. The highest BCUT2D eigenvalue weighted by molar-refractivity contribution is 6.71. The average molecular weight is 141 g/mol. The van der Waals surface area contributed by atoms with E-state index >= 15 is 0 Å². The Hall–Kier alpha value is -0.573. The van der Waals surface area contributed by atoms with Gasteiger partial charge in [-0.05, 0) is 19.6 Å². The highest BCUT2D eigenvalue weighted by Gasteiger charge is 2.18. The van der Waals surface area contributed by atoms with E-state index in [0.29, 0.717) is 0 Å². The van der Waals surface area contributed by atoms with Gasteiger partial charge in [-0.15, -0.1) is 0 Å². The van der Waals surface area contributed by atoms with Crippen molar-refractivity contribution in [3.63, 3.8) is 0 Å². The minimum atomic E-state index is -1.37. The lowest BCUT2D eigenvalue weighted by atomic mass is 10.5. The summed E-state index contributed by atoms with van der Waals surface area (Å²) in [6.07, 6.45) is 3.63. The third-order valence-corrected chi connectivity index (χ3v) is 1.65. The van der Waals surface area contributed by atoms with Gasteiger partial charge in [0, 0.05) is 12.3 Å². The Balaban J connectivity index is 2.34. The van der Waals surface area contributed by atoms with Crippen LogP contribution in [0.15, 0.2) is 17.3 Å². The van der Waals surface area contributed by atoms with Gasteiger partial charge in [-0.3, -0.25) is 0 Å². The van der Waals surface area contributed by atoms with E-state index in [4.69, 9.17) is 4.43 Å². The first-order valence-electron chi connectivity index (χ1n) is 3.01. The van der Waals surface area contributed by atoms with Crippen molar-refractivity contribution in [3.8, 4) is 0 Å². The maximum Gasteiger partial charge on any atom is 0.244 e. The third kappa shape index (κ3) is 2.01. The molecule has 0 N–H and O–H groups in total. The smallest absolute Gasteiger partial charge is 0.244 e. The summed E-state index contributed by atoms with van der Waals surface area (Å²) < 4.78 is 5.48. The van der Waals surface area contributed by atoms with Crippen molar-refractivity contribution in [3.05, 3.63) is 12.3 Å². The number of hydrogen-bond acceptors (Lipinski definition) is 2. The molecular formula is C6H11NOSi. The van der Waals surface area contributed by atoms with Crippen molar-refractivity contribution in [1.82, 2.24) is 0 Å². The molecule has 0 amide bonds. The van der Waals surface area contributed by atoms with Gasteiger partial charge in [0.05, 0.1) is 0 Å². The van der Waals surface area contributed by atoms with Gasteiger partial charge in [-0.1, -0.05) is 0 Å². The molecule has 0 bridgehead atoms. The van der Waals surface area contributed by atoms with E-state index in [1.807, 2.05) is 6.08 Å². The van der Waals surface area contributed by atoms with Crippen LogP contribution in [0.1, 0.15) is 0 Å². The molecule has 0 aromatic rings. The van der Waals surface area contributed by atoms with Crippen LogP contribution in [0.3, 0.4) is 0 Å². The zero-order valence-corrected chi connectivity index (χ0v) is 7.01. The minimum absolute atomic E-state index is 0.800. The zero-order chi connectivity index (χ0) is 6.91. The molecule has 2 nitrogen and oxygen atoms in total. The van der Waals surface area contributed by atoms with Crippen LogP contribution in [-0.4, -0.2) is 14.2 Å². The number of nitrogens with zero attached hydrogens (tertiary/aromatic N) is 1. The molecular weight excluding hydrogens is 130 g/mol. The van der Waals surface area contributed by atoms with Gasteiger partial charge >= 0.3 is 0 Å². The third-order valence-electron chi connectivity index (χ3n) is 0.830. The highest BCUT2D eigenvalue weighted by atomic mass is 28.4. The van der Waals surface area contributed by atoms with Crippen LogP contribution in [0.4, 0.5) is 0 Å². The molecule has 0 aromatic carbocycles. The molecule has 0 aliphatic carbocycles. The monoisotopic (exact) mass is 141 g/mol. The lowest BCUT2D eigenvalue weighted by Crippen LogP contribution is -2.29. The molecule has 1 heterocycles. The molecule has 1 aliphatic heterocycles. The van der Waals surface area contributed by atoms with Gasteiger partial charge in [-0.25, -0.2) is 4.99 Å². The molecule has 9 heavy (non-hydrogen) atoms. The fourth-order valence-electron chi connectivity index (χ4n) is 0.509. The highest BCUT2D eigenvalue weighted by Crippen LogP contribution is 2.07. The van der Waals surface area contributed by atoms with Gasteiger partial charge in [-0.2, -0.15) is 0 Å². The number of aliphatic imine (C=N–C) groups is 1. The van der Waals surface area contributed by atoms with Crippen molar-refractivity contribution in [2.45, 2.75) is 19.6 Å². The maximum atomic E-state index is 5.48. The lowest BCUT2D eigenvalue weighted by molar-refractivity contribution is 0.552. The van der Waals surface area contributed by atoms with E-state index in [1.54, 1.807) is 6.20 Å². The van der Waals surface area contributed by atoms with Crippen molar-refractivity contribution in [2.75, 3.05) is 0 Å². The van der Waals surface area contributed by atoms with Gasteiger partial charge in [0.1, 0.15) is 0 Å². The molecule has 50 valence electrons. The minimum Gasteiger partial charge on any atom is -0.531 e. The van der Waals surface area contributed by atoms with E-state index in [9.17, 15) is 0 Å². The van der Waals surface area contributed by atoms with Crippen LogP contribution >= 0.6 is 0 Å². The Bertz CT molecular complexity index is 166. The fourth-order valence-corrected chi connectivity index (χ4v) is 1.26. The molecule has 0 atom stereocenters. The first-order chi connectivity index (χ1) is 4.08. The maximum absolute atomic E-state index is 5.48. The molecule has 1 aliphatic rings. The topological polar surface area (TPSA) is 21.6 Å². The van der Waals surface area contributed by atoms with E-state index in [2.05, 4.69) is 24.6 Å². The summed E-state index contributed by atoms with van der Waals surface area (Å²) in [6.45, 7) is 6.42. The van der Waals surface area contributed by atoms with E-state index in [1.165, 1.54) is 0 Å². The molecule has 0 saturated carbocycles. The van der Waals surface area contributed by atoms with Crippen molar-refractivity contribution >= 4 is 14.2 Å². The summed E-state index contributed by atoms with van der Waals surface area (Å²) in [5.41, 5.74) is 0. The van der Waals surface area contributed by atoms with Crippen LogP contribution in [0.5, 0.6) is 0 Å². The fraction of sp³-hybridized carbons (Fsp3) is 0.500. The molecule has 3 heteroatoms. The second kappa shape index (κ2) is 1.99. The molecule has 0 aromatic heterocycles. The molecule has 0 radical (unpaired) electrons. The summed E-state index contributed by atoms with van der Waals surface area (Å²) in [4.78, 5) is 3.90. The first-order valence-corrected chi connectivity index (χ1v) is 6.42. The Morgan fingerprint density at radius 2 is 2.00 bits per heavy atom. The number of hydrogen-bond donors (Lipinski definition) is 0. The average Bonchev–Trinajstić information content (AvgIpc) is 1.53. The molecule has 0 spiro atoms. The Morgan fingerprint density at radius 3 is 2.11 bits per heavy atom. The largest absolute Gasteiger partial charge is 0.531 e. The van der Waals surface area contributed by atoms with E-state index < -0.39 is 8.32 Å². The van der Waals surface area contributed by atoms with E-state index in [0.717, 1.165) is 5.90 Å². The van der Waals surface area contributed by atoms with Crippen LogP contribution in [0, 0.1) is 0 Å². The van der Waals surface area contributed by atoms with E-state index in [-0.39, 0.29) is 0 Å². The second-order valence-corrected chi connectivity index (χ2v) is 7.43. The first kappa shape index (κ1) is 6.55. The van der Waals surface area contributed by atoms with Gasteiger partial charge < -0.3 is 4.43 Å². The SMILES string of the molecule is C[Si](C)(C)OC1=NC=C1. The van der Waals surface area contributed by atoms with Crippen molar-refractivity contribution in [2.24, 2.45) is 4.99 Å². The summed E-state index contributed by atoms with van der Waals surface area (Å²) in [5.74, 6) is 0.800. The summed E-state index contributed by atoms with van der Waals surface area (Å²) in [6, 6.07) is 0.